The van der Waals surface area contributed by atoms with E-state index in [1.165, 1.54) is 0 Å². The second-order valence-corrected chi connectivity index (χ2v) is 6.65. The summed E-state index contributed by atoms with van der Waals surface area (Å²) < 4.78 is 5.41. The van der Waals surface area contributed by atoms with Crippen LogP contribution in [-0.2, 0) is 9.59 Å². The van der Waals surface area contributed by atoms with Crippen LogP contribution in [0.2, 0.25) is 0 Å². The molecule has 27 heavy (non-hydrogen) atoms. The van der Waals surface area contributed by atoms with E-state index in [-0.39, 0.29) is 31.0 Å². The van der Waals surface area contributed by atoms with Crippen molar-refractivity contribution in [2.45, 2.75) is 6.04 Å². The van der Waals surface area contributed by atoms with E-state index < -0.39 is 0 Å². The minimum Gasteiger partial charge on any atom is -0.484 e. The highest BCUT2D eigenvalue weighted by Gasteiger charge is 2.30. The number of rotatable bonds is 6. The van der Waals surface area contributed by atoms with Gasteiger partial charge < -0.3 is 19.9 Å². The van der Waals surface area contributed by atoms with Gasteiger partial charge in [-0.1, -0.05) is 48.5 Å². The number of hydrogen-bond acceptors (Lipinski definition) is 4. The van der Waals surface area contributed by atoms with Crippen LogP contribution in [0.4, 0.5) is 0 Å². The first-order chi connectivity index (χ1) is 13.1. The fraction of sp³-hybridized carbons (Fsp3) is 0.333. The Bertz CT molecular complexity index is 752. The quantitative estimate of drug-likeness (QED) is 0.844. The van der Waals surface area contributed by atoms with Gasteiger partial charge in [0, 0.05) is 19.6 Å². The summed E-state index contributed by atoms with van der Waals surface area (Å²) in [6.07, 6.45) is 0. The third-order valence-corrected chi connectivity index (χ3v) is 4.64. The lowest BCUT2D eigenvalue weighted by Crippen LogP contribution is -2.52. The fourth-order valence-corrected chi connectivity index (χ4v) is 3.17. The predicted octanol–water partition coefficient (Wildman–Crippen LogP) is 1.70. The van der Waals surface area contributed by atoms with Gasteiger partial charge in [0.05, 0.1) is 12.6 Å². The Hall–Kier alpha value is -2.86. The lowest BCUT2D eigenvalue weighted by atomic mass is 10.0. The van der Waals surface area contributed by atoms with E-state index in [1.54, 1.807) is 12.1 Å². The van der Waals surface area contributed by atoms with Gasteiger partial charge in [-0.15, -0.1) is 0 Å². The third kappa shape index (κ3) is 5.31. The molecule has 2 amide bonds. The summed E-state index contributed by atoms with van der Waals surface area (Å²) in [5.41, 5.74) is 1.11. The molecule has 1 atom stereocenters. The fourth-order valence-electron chi connectivity index (χ4n) is 3.17. The highest BCUT2D eigenvalue weighted by molar-refractivity contribution is 5.85. The lowest BCUT2D eigenvalue weighted by molar-refractivity contribution is -0.137. The molecular formula is C21H25N3O3. The van der Waals surface area contributed by atoms with Crippen molar-refractivity contribution in [1.29, 1.82) is 0 Å². The maximum Gasteiger partial charge on any atom is 0.258 e. The van der Waals surface area contributed by atoms with Crippen molar-refractivity contribution >= 4 is 11.8 Å². The van der Waals surface area contributed by atoms with Gasteiger partial charge in [0.1, 0.15) is 5.75 Å². The van der Waals surface area contributed by atoms with Crippen LogP contribution < -0.4 is 10.1 Å². The van der Waals surface area contributed by atoms with Crippen molar-refractivity contribution in [3.05, 3.63) is 66.2 Å². The first-order valence-electron chi connectivity index (χ1n) is 9.11. The smallest absolute Gasteiger partial charge is 0.258 e. The van der Waals surface area contributed by atoms with Crippen LogP contribution in [0.15, 0.2) is 60.7 Å². The molecule has 0 saturated carbocycles. The van der Waals surface area contributed by atoms with Crippen molar-refractivity contribution < 1.29 is 14.3 Å². The van der Waals surface area contributed by atoms with Crippen LogP contribution in [0.5, 0.6) is 5.75 Å². The second kappa shape index (κ2) is 9.19. The van der Waals surface area contributed by atoms with Crippen molar-refractivity contribution in [2.24, 2.45) is 0 Å². The van der Waals surface area contributed by atoms with Gasteiger partial charge in [0.2, 0.25) is 5.91 Å². The maximum absolute atomic E-state index is 12.7. The van der Waals surface area contributed by atoms with E-state index in [0.29, 0.717) is 12.3 Å². The van der Waals surface area contributed by atoms with Gasteiger partial charge in [-0.2, -0.15) is 0 Å². The number of carbonyl (C=O) groups is 2. The number of benzene rings is 2. The minimum absolute atomic E-state index is 0.00470. The summed E-state index contributed by atoms with van der Waals surface area (Å²) >= 11 is 0. The molecule has 6 nitrogen and oxygen atoms in total. The summed E-state index contributed by atoms with van der Waals surface area (Å²) in [7, 11) is 2.06. The molecule has 3 rings (SSSR count). The molecule has 0 spiro atoms. The van der Waals surface area contributed by atoms with Crippen molar-refractivity contribution in [3.8, 4) is 5.75 Å². The molecule has 1 saturated heterocycles. The van der Waals surface area contributed by atoms with Crippen molar-refractivity contribution in [1.82, 2.24) is 15.1 Å². The zero-order chi connectivity index (χ0) is 19.1. The van der Waals surface area contributed by atoms with Crippen LogP contribution in [0.3, 0.4) is 0 Å². The molecule has 1 aliphatic rings. The van der Waals surface area contributed by atoms with Crippen LogP contribution in [0.25, 0.3) is 0 Å². The highest BCUT2D eigenvalue weighted by Crippen LogP contribution is 2.24. The summed E-state index contributed by atoms with van der Waals surface area (Å²) in [4.78, 5) is 28.8. The van der Waals surface area contributed by atoms with Gasteiger partial charge in [0.15, 0.2) is 6.61 Å². The number of hydrogen-bond donors (Lipinski definition) is 1. The molecule has 0 aliphatic carbocycles. The molecule has 1 heterocycles. The first kappa shape index (κ1) is 18.9. The van der Waals surface area contributed by atoms with Crippen LogP contribution >= 0.6 is 0 Å². The lowest BCUT2D eigenvalue weighted by Gasteiger charge is -2.40. The number of piperazine rings is 1. The number of para-hydroxylation sites is 1. The van der Waals surface area contributed by atoms with Gasteiger partial charge in [0.25, 0.3) is 5.91 Å². The van der Waals surface area contributed by atoms with Crippen LogP contribution in [-0.4, -0.2) is 61.4 Å². The maximum atomic E-state index is 12.7. The van der Waals surface area contributed by atoms with E-state index in [4.69, 9.17) is 4.74 Å². The standard InChI is InChI=1S/C21H25N3O3/c1-23-12-13-24(19(15-23)17-8-4-2-5-9-17)21(26)14-22-20(25)16-27-18-10-6-3-7-11-18/h2-11,19H,12-16H2,1H3,(H,22,25)/t19-/m0/s1. The van der Waals surface area contributed by atoms with Gasteiger partial charge >= 0.3 is 0 Å². The zero-order valence-electron chi connectivity index (χ0n) is 15.5. The largest absolute Gasteiger partial charge is 0.484 e. The topological polar surface area (TPSA) is 61.9 Å². The van der Waals surface area contributed by atoms with E-state index in [0.717, 1.165) is 18.7 Å². The zero-order valence-corrected chi connectivity index (χ0v) is 15.5. The van der Waals surface area contributed by atoms with E-state index in [9.17, 15) is 9.59 Å². The molecule has 1 N–H and O–H groups in total. The SMILES string of the molecule is CN1CCN(C(=O)CNC(=O)COc2ccccc2)[C@H](c2ccccc2)C1. The Balaban J connectivity index is 1.53. The normalized spacial score (nSPS) is 17.4. The number of carbonyl (C=O) groups excluding carboxylic acids is 2. The summed E-state index contributed by atoms with van der Waals surface area (Å²) in [6.45, 7) is 2.11. The van der Waals surface area contributed by atoms with Gasteiger partial charge in [-0.25, -0.2) is 0 Å². The molecule has 1 aliphatic heterocycles. The number of nitrogens with one attached hydrogen (secondary N) is 1. The van der Waals surface area contributed by atoms with Crippen molar-refractivity contribution in [2.75, 3.05) is 39.8 Å². The Morgan fingerprint density at radius 2 is 1.70 bits per heavy atom. The summed E-state index contributed by atoms with van der Waals surface area (Å²) in [5, 5.41) is 2.66. The molecule has 2 aromatic rings. The number of nitrogens with zero attached hydrogens (tertiary/aromatic N) is 2. The Kier molecular flexibility index (Phi) is 6.44. The summed E-state index contributed by atoms with van der Waals surface area (Å²) in [5.74, 6) is 0.241. The molecule has 1 fully saturated rings. The minimum atomic E-state index is -0.308. The van der Waals surface area contributed by atoms with Crippen LogP contribution in [0, 0.1) is 0 Å². The molecule has 0 unspecified atom stereocenters. The number of likely N-dealkylation sites (N-methyl/N-ethyl adjacent to an activating group) is 1. The molecule has 6 heteroatoms. The van der Waals surface area contributed by atoms with Crippen molar-refractivity contribution in [3.63, 3.8) is 0 Å². The Morgan fingerprint density at radius 3 is 2.41 bits per heavy atom. The first-order valence-corrected chi connectivity index (χ1v) is 9.11. The summed E-state index contributed by atoms with van der Waals surface area (Å²) in [6, 6.07) is 19.1. The van der Waals surface area contributed by atoms with E-state index in [2.05, 4.69) is 17.3 Å². The molecule has 0 radical (unpaired) electrons. The molecule has 0 aromatic heterocycles. The molecule has 0 bridgehead atoms. The highest BCUT2D eigenvalue weighted by atomic mass is 16.5. The Morgan fingerprint density at radius 1 is 1.04 bits per heavy atom. The van der Waals surface area contributed by atoms with E-state index >= 15 is 0 Å². The van der Waals surface area contributed by atoms with Crippen LogP contribution in [0.1, 0.15) is 11.6 Å². The second-order valence-electron chi connectivity index (χ2n) is 6.65. The van der Waals surface area contributed by atoms with E-state index in [1.807, 2.05) is 53.4 Å². The third-order valence-electron chi connectivity index (χ3n) is 4.64. The molecule has 142 valence electrons. The number of ether oxygens (including phenoxy) is 1. The predicted molar refractivity (Wildman–Crippen MR) is 103 cm³/mol. The number of amides is 2. The average Bonchev–Trinajstić information content (AvgIpc) is 2.72. The van der Waals surface area contributed by atoms with Gasteiger partial charge in [-0.3, -0.25) is 9.59 Å². The average molecular weight is 367 g/mol. The van der Waals surface area contributed by atoms with Gasteiger partial charge in [-0.05, 0) is 24.7 Å². The monoisotopic (exact) mass is 367 g/mol. The molecule has 2 aromatic carbocycles. The Labute approximate surface area is 159 Å². The molecular weight excluding hydrogens is 342 g/mol.